The number of nitrogens with zero attached hydrogens (tertiary/aromatic N) is 3. The van der Waals surface area contributed by atoms with E-state index in [0.29, 0.717) is 6.04 Å². The van der Waals surface area contributed by atoms with Crippen LogP contribution in [0.1, 0.15) is 12.8 Å². The van der Waals surface area contributed by atoms with Crippen LogP contribution in [0.5, 0.6) is 0 Å². The van der Waals surface area contributed by atoms with Crippen molar-refractivity contribution >= 4 is 17.2 Å². The molecule has 138 valence electrons. The van der Waals surface area contributed by atoms with Gasteiger partial charge in [-0.3, -0.25) is 0 Å². The second-order valence-corrected chi connectivity index (χ2v) is 6.91. The van der Waals surface area contributed by atoms with Gasteiger partial charge >= 0.3 is 0 Å². The molecule has 0 aliphatic carbocycles. The second kappa shape index (κ2) is 7.91. The number of piperidine rings is 1. The second-order valence-electron chi connectivity index (χ2n) is 6.91. The average Bonchev–Trinajstić information content (AvgIpc) is 2.69. The van der Waals surface area contributed by atoms with Crippen molar-refractivity contribution in [3.8, 4) is 0 Å². The summed E-state index contributed by atoms with van der Waals surface area (Å²) in [6.07, 6.45) is 4.03. The number of anilines is 3. The fraction of sp³-hybridized carbons (Fsp3) is 0.450. The Morgan fingerprint density at radius 1 is 1.04 bits per heavy atom. The molecule has 2 aliphatic heterocycles. The van der Waals surface area contributed by atoms with Crippen molar-refractivity contribution in [2.45, 2.75) is 18.9 Å². The van der Waals surface area contributed by atoms with Crippen molar-refractivity contribution in [2.24, 2.45) is 0 Å². The third-order valence-electron chi connectivity index (χ3n) is 5.07. The Morgan fingerprint density at radius 2 is 1.88 bits per heavy atom. The highest BCUT2D eigenvalue weighted by atomic mass is 19.1. The van der Waals surface area contributed by atoms with Crippen LogP contribution in [-0.4, -0.2) is 50.4 Å². The Labute approximate surface area is 153 Å². The normalized spacial score (nSPS) is 20.9. The van der Waals surface area contributed by atoms with E-state index in [1.165, 1.54) is 11.8 Å². The molecule has 2 aromatic rings. The molecule has 5 nitrogen and oxygen atoms in total. The predicted molar refractivity (Wildman–Crippen MR) is 103 cm³/mol. The average molecular weight is 356 g/mol. The van der Waals surface area contributed by atoms with Crippen molar-refractivity contribution in [3.63, 3.8) is 0 Å². The van der Waals surface area contributed by atoms with Crippen molar-refractivity contribution in [2.75, 3.05) is 54.5 Å². The standard InChI is InChI=1S/C20H25FN4O/c21-16-3-1-5-18(13-16)25-8-2-4-17(15-25)23-20-14-19(6-7-22-20)24-9-11-26-12-10-24/h1,3,5-7,13-14,17H,2,4,8-12,15H2,(H,22,23). The minimum absolute atomic E-state index is 0.183. The molecule has 6 heteroatoms. The topological polar surface area (TPSA) is 40.6 Å². The van der Waals surface area contributed by atoms with Gasteiger partial charge in [0.05, 0.1) is 13.2 Å². The zero-order chi connectivity index (χ0) is 17.8. The van der Waals surface area contributed by atoms with E-state index < -0.39 is 0 Å². The minimum atomic E-state index is -0.183. The Balaban J connectivity index is 1.42. The van der Waals surface area contributed by atoms with Gasteiger partial charge in [0.2, 0.25) is 0 Å². The van der Waals surface area contributed by atoms with Gasteiger partial charge in [-0.25, -0.2) is 9.37 Å². The number of pyridine rings is 1. The monoisotopic (exact) mass is 356 g/mol. The highest BCUT2D eigenvalue weighted by Crippen LogP contribution is 2.24. The summed E-state index contributed by atoms with van der Waals surface area (Å²) in [5.41, 5.74) is 2.13. The molecule has 0 radical (unpaired) electrons. The summed E-state index contributed by atoms with van der Waals surface area (Å²) in [6.45, 7) is 5.20. The zero-order valence-electron chi connectivity index (χ0n) is 14.9. The third-order valence-corrected chi connectivity index (χ3v) is 5.07. The minimum Gasteiger partial charge on any atom is -0.378 e. The fourth-order valence-corrected chi connectivity index (χ4v) is 3.73. The molecule has 0 saturated carbocycles. The quantitative estimate of drug-likeness (QED) is 0.911. The lowest BCUT2D eigenvalue weighted by molar-refractivity contribution is 0.122. The molecule has 0 amide bonds. The summed E-state index contributed by atoms with van der Waals surface area (Å²) in [6, 6.07) is 11.3. The zero-order valence-corrected chi connectivity index (χ0v) is 14.9. The predicted octanol–water partition coefficient (Wildman–Crippen LogP) is 3.14. The summed E-state index contributed by atoms with van der Waals surface area (Å²) in [5.74, 6) is 0.720. The highest BCUT2D eigenvalue weighted by molar-refractivity contribution is 5.55. The molecule has 2 aliphatic rings. The van der Waals surface area contributed by atoms with E-state index >= 15 is 0 Å². The number of halogens is 1. The van der Waals surface area contributed by atoms with Crippen LogP contribution in [0.4, 0.5) is 21.6 Å². The third kappa shape index (κ3) is 4.07. The molecule has 1 aromatic carbocycles. The summed E-state index contributed by atoms with van der Waals surface area (Å²) < 4.78 is 19.0. The summed E-state index contributed by atoms with van der Waals surface area (Å²) in [7, 11) is 0. The number of rotatable bonds is 4. The number of morpholine rings is 1. The fourth-order valence-electron chi connectivity index (χ4n) is 3.73. The van der Waals surface area contributed by atoms with Crippen LogP contribution in [0, 0.1) is 5.82 Å². The van der Waals surface area contributed by atoms with Gasteiger partial charge in [-0.1, -0.05) is 6.07 Å². The van der Waals surface area contributed by atoms with E-state index in [1.807, 2.05) is 12.3 Å². The van der Waals surface area contributed by atoms with Gasteiger partial charge in [-0.05, 0) is 37.1 Å². The lowest BCUT2D eigenvalue weighted by atomic mass is 10.0. The molecule has 4 rings (SSSR count). The molecule has 1 atom stereocenters. The largest absolute Gasteiger partial charge is 0.378 e. The maximum absolute atomic E-state index is 13.5. The first-order chi connectivity index (χ1) is 12.8. The summed E-state index contributed by atoms with van der Waals surface area (Å²) >= 11 is 0. The van der Waals surface area contributed by atoms with E-state index in [0.717, 1.165) is 63.7 Å². The molecule has 0 bridgehead atoms. The van der Waals surface area contributed by atoms with Crippen LogP contribution in [0.3, 0.4) is 0 Å². The van der Waals surface area contributed by atoms with E-state index in [-0.39, 0.29) is 5.82 Å². The number of ether oxygens (including phenoxy) is 1. The SMILES string of the molecule is Fc1cccc(N2CCCC(Nc3cc(N4CCOCC4)ccn3)C2)c1. The van der Waals surface area contributed by atoms with E-state index in [2.05, 4.69) is 32.2 Å². The molecule has 2 fully saturated rings. The van der Waals surface area contributed by atoms with E-state index in [1.54, 1.807) is 12.1 Å². The summed E-state index contributed by atoms with van der Waals surface area (Å²) in [4.78, 5) is 9.07. The Kier molecular flexibility index (Phi) is 5.20. The van der Waals surface area contributed by atoms with Crippen molar-refractivity contribution < 1.29 is 9.13 Å². The molecular weight excluding hydrogens is 331 g/mol. The van der Waals surface area contributed by atoms with Gasteiger partial charge in [0.1, 0.15) is 11.6 Å². The van der Waals surface area contributed by atoms with Gasteiger partial charge in [0.25, 0.3) is 0 Å². The van der Waals surface area contributed by atoms with Crippen molar-refractivity contribution in [1.82, 2.24) is 4.98 Å². The number of benzene rings is 1. The highest BCUT2D eigenvalue weighted by Gasteiger charge is 2.21. The van der Waals surface area contributed by atoms with Crippen molar-refractivity contribution in [3.05, 3.63) is 48.4 Å². The number of aromatic nitrogens is 1. The van der Waals surface area contributed by atoms with Crippen LogP contribution in [0.2, 0.25) is 0 Å². The number of hydrogen-bond acceptors (Lipinski definition) is 5. The first-order valence-electron chi connectivity index (χ1n) is 9.34. The van der Waals surface area contributed by atoms with Gasteiger partial charge < -0.3 is 19.9 Å². The van der Waals surface area contributed by atoms with Crippen LogP contribution in [0.15, 0.2) is 42.6 Å². The van der Waals surface area contributed by atoms with Crippen LogP contribution in [0.25, 0.3) is 0 Å². The number of nitrogens with one attached hydrogen (secondary N) is 1. The first kappa shape index (κ1) is 17.1. The summed E-state index contributed by atoms with van der Waals surface area (Å²) in [5, 5.41) is 3.57. The molecule has 1 N–H and O–H groups in total. The molecule has 26 heavy (non-hydrogen) atoms. The lowest BCUT2D eigenvalue weighted by Crippen LogP contribution is -2.42. The van der Waals surface area contributed by atoms with Gasteiger partial charge in [0, 0.05) is 55.9 Å². The Bertz CT molecular complexity index is 735. The maximum atomic E-state index is 13.5. The first-order valence-corrected chi connectivity index (χ1v) is 9.34. The molecule has 2 saturated heterocycles. The van der Waals surface area contributed by atoms with Crippen LogP contribution in [-0.2, 0) is 4.74 Å². The Morgan fingerprint density at radius 3 is 2.73 bits per heavy atom. The van der Waals surface area contributed by atoms with Crippen molar-refractivity contribution in [1.29, 1.82) is 0 Å². The molecular formula is C20H25FN4O. The van der Waals surface area contributed by atoms with Crippen LogP contribution < -0.4 is 15.1 Å². The van der Waals surface area contributed by atoms with Crippen LogP contribution >= 0.6 is 0 Å². The molecule has 0 spiro atoms. The Hall–Kier alpha value is -2.34. The van der Waals surface area contributed by atoms with E-state index in [4.69, 9.17) is 4.74 Å². The smallest absolute Gasteiger partial charge is 0.128 e. The molecule has 1 unspecified atom stereocenters. The van der Waals surface area contributed by atoms with E-state index in [9.17, 15) is 4.39 Å². The molecule has 1 aromatic heterocycles. The number of hydrogen-bond donors (Lipinski definition) is 1. The van der Waals surface area contributed by atoms with Gasteiger partial charge in [0.15, 0.2) is 0 Å². The lowest BCUT2D eigenvalue weighted by Gasteiger charge is -2.35. The van der Waals surface area contributed by atoms with Gasteiger partial charge in [-0.2, -0.15) is 0 Å². The molecule has 3 heterocycles. The van der Waals surface area contributed by atoms with Gasteiger partial charge in [-0.15, -0.1) is 0 Å². The maximum Gasteiger partial charge on any atom is 0.128 e.